The summed E-state index contributed by atoms with van der Waals surface area (Å²) in [4.78, 5) is 2.29. The van der Waals surface area contributed by atoms with Crippen LogP contribution in [0.25, 0.3) is 0 Å². The van der Waals surface area contributed by atoms with Gasteiger partial charge in [-0.25, -0.2) is 13.1 Å². The molecular weight excluding hydrogens is 276 g/mol. The first-order valence-electron chi connectivity index (χ1n) is 6.83. The zero-order chi connectivity index (χ0) is 15.0. The zero-order valence-corrected chi connectivity index (χ0v) is 13.2. The van der Waals surface area contributed by atoms with Crippen LogP contribution >= 0.6 is 0 Å². The molecule has 0 amide bonds. The maximum Gasteiger partial charge on any atom is 0.240 e. The maximum absolute atomic E-state index is 12.0. The lowest BCUT2D eigenvalue weighted by Gasteiger charge is -2.11. The van der Waals surface area contributed by atoms with Crippen molar-refractivity contribution in [2.45, 2.75) is 24.7 Å². The molecule has 1 rings (SSSR count). The van der Waals surface area contributed by atoms with Gasteiger partial charge in [0.2, 0.25) is 10.0 Å². The average Bonchev–Trinajstić information content (AvgIpc) is 2.42. The largest absolute Gasteiger partial charge is 0.494 e. The molecule has 0 fully saturated rings. The normalized spacial score (nSPS) is 11.8. The molecule has 0 aromatic heterocycles. The quantitative estimate of drug-likeness (QED) is 0.705. The lowest BCUT2D eigenvalue weighted by atomic mass is 10.3. The van der Waals surface area contributed by atoms with Crippen molar-refractivity contribution in [3.05, 3.63) is 24.3 Å². The van der Waals surface area contributed by atoms with Crippen LogP contribution in [0, 0.1) is 0 Å². The summed E-state index contributed by atoms with van der Waals surface area (Å²) in [6.07, 6.45) is 1.71. The van der Waals surface area contributed by atoms with Crippen LogP contribution in [0.2, 0.25) is 0 Å². The molecule has 1 aromatic carbocycles. The minimum absolute atomic E-state index is 0.270. The molecule has 0 spiro atoms. The van der Waals surface area contributed by atoms with E-state index in [1.807, 2.05) is 25.9 Å². The Morgan fingerprint density at radius 1 is 1.20 bits per heavy atom. The summed E-state index contributed by atoms with van der Waals surface area (Å²) in [6, 6.07) is 6.51. The van der Waals surface area contributed by atoms with E-state index in [4.69, 9.17) is 4.74 Å². The molecule has 0 aliphatic carbocycles. The van der Waals surface area contributed by atoms with E-state index in [-0.39, 0.29) is 4.90 Å². The minimum atomic E-state index is -3.42. The summed E-state index contributed by atoms with van der Waals surface area (Å²) in [5.74, 6) is 0.693. The van der Waals surface area contributed by atoms with Gasteiger partial charge in [0.25, 0.3) is 0 Å². The second-order valence-electron chi connectivity index (χ2n) is 4.87. The Balaban J connectivity index is 2.54. The molecular formula is C14H24N2O3S. The number of rotatable bonds is 9. The monoisotopic (exact) mass is 300 g/mol. The van der Waals surface area contributed by atoms with Crippen molar-refractivity contribution in [1.29, 1.82) is 0 Å². The fraction of sp³-hybridized carbons (Fsp3) is 0.571. The number of ether oxygens (including phenoxy) is 1. The van der Waals surface area contributed by atoms with E-state index >= 15 is 0 Å². The standard InChI is InChI=1S/C14H24N2O3S/c1-4-12-19-13-6-8-14(9-7-13)20(17,18)15-10-5-11-16(2)3/h6-9,15H,4-5,10-12H2,1-3H3. The van der Waals surface area contributed by atoms with Gasteiger partial charge in [0.15, 0.2) is 0 Å². The van der Waals surface area contributed by atoms with Crippen LogP contribution in [-0.4, -0.2) is 47.1 Å². The maximum atomic E-state index is 12.0. The summed E-state index contributed by atoms with van der Waals surface area (Å²) >= 11 is 0. The highest BCUT2D eigenvalue weighted by molar-refractivity contribution is 7.89. The Labute approximate surface area is 122 Å². The summed E-state index contributed by atoms with van der Waals surface area (Å²) in [7, 11) is 0.504. The molecule has 0 unspecified atom stereocenters. The summed E-state index contributed by atoms with van der Waals surface area (Å²) in [5, 5.41) is 0. The smallest absolute Gasteiger partial charge is 0.240 e. The number of hydrogen-bond acceptors (Lipinski definition) is 4. The average molecular weight is 300 g/mol. The number of nitrogens with zero attached hydrogens (tertiary/aromatic N) is 1. The topological polar surface area (TPSA) is 58.6 Å². The molecule has 5 nitrogen and oxygen atoms in total. The number of nitrogens with one attached hydrogen (secondary N) is 1. The summed E-state index contributed by atoms with van der Waals surface area (Å²) in [6.45, 7) is 3.95. The summed E-state index contributed by atoms with van der Waals surface area (Å²) < 4.78 is 32.1. The lowest BCUT2D eigenvalue weighted by Crippen LogP contribution is -2.27. The summed E-state index contributed by atoms with van der Waals surface area (Å²) in [5.41, 5.74) is 0. The van der Waals surface area contributed by atoms with Crippen LogP contribution in [0.15, 0.2) is 29.2 Å². The fourth-order valence-corrected chi connectivity index (χ4v) is 2.69. The van der Waals surface area contributed by atoms with E-state index < -0.39 is 10.0 Å². The Morgan fingerprint density at radius 3 is 2.40 bits per heavy atom. The van der Waals surface area contributed by atoms with Crippen LogP contribution in [0.4, 0.5) is 0 Å². The van der Waals surface area contributed by atoms with E-state index in [9.17, 15) is 8.42 Å². The van der Waals surface area contributed by atoms with Crippen molar-refractivity contribution in [3.8, 4) is 5.75 Å². The highest BCUT2D eigenvalue weighted by Gasteiger charge is 2.13. The third-order valence-corrected chi connectivity index (χ3v) is 4.16. The molecule has 1 aromatic rings. The van der Waals surface area contributed by atoms with Crippen molar-refractivity contribution < 1.29 is 13.2 Å². The van der Waals surface area contributed by atoms with E-state index in [0.717, 1.165) is 19.4 Å². The first-order valence-corrected chi connectivity index (χ1v) is 8.31. The second-order valence-corrected chi connectivity index (χ2v) is 6.64. The third-order valence-electron chi connectivity index (χ3n) is 2.68. The van der Waals surface area contributed by atoms with Gasteiger partial charge in [-0.1, -0.05) is 6.92 Å². The van der Waals surface area contributed by atoms with Gasteiger partial charge in [0, 0.05) is 6.54 Å². The van der Waals surface area contributed by atoms with E-state index in [1.54, 1.807) is 24.3 Å². The first kappa shape index (κ1) is 16.9. The van der Waals surface area contributed by atoms with Crippen molar-refractivity contribution >= 4 is 10.0 Å². The second kappa shape index (κ2) is 8.24. The fourth-order valence-electron chi connectivity index (χ4n) is 1.62. The lowest BCUT2D eigenvalue weighted by molar-refractivity contribution is 0.317. The molecule has 0 atom stereocenters. The molecule has 0 saturated carbocycles. The van der Waals surface area contributed by atoms with Crippen LogP contribution in [0.3, 0.4) is 0 Å². The number of sulfonamides is 1. The van der Waals surface area contributed by atoms with Gasteiger partial charge in [-0.05, 0) is 57.7 Å². The minimum Gasteiger partial charge on any atom is -0.494 e. The zero-order valence-electron chi connectivity index (χ0n) is 12.4. The Bertz CT molecular complexity index is 484. The first-order chi connectivity index (χ1) is 9.45. The van der Waals surface area contributed by atoms with E-state index in [0.29, 0.717) is 18.9 Å². The van der Waals surface area contributed by atoms with Crippen molar-refractivity contribution in [1.82, 2.24) is 9.62 Å². The molecule has 0 aliphatic rings. The molecule has 6 heteroatoms. The number of hydrogen-bond donors (Lipinski definition) is 1. The van der Waals surface area contributed by atoms with Crippen LogP contribution in [0.1, 0.15) is 19.8 Å². The van der Waals surface area contributed by atoms with Gasteiger partial charge in [-0.2, -0.15) is 0 Å². The highest BCUT2D eigenvalue weighted by atomic mass is 32.2. The van der Waals surface area contributed by atoms with E-state index in [2.05, 4.69) is 4.72 Å². The molecule has 1 N–H and O–H groups in total. The molecule has 0 heterocycles. The molecule has 0 radical (unpaired) electrons. The van der Waals surface area contributed by atoms with Crippen molar-refractivity contribution in [3.63, 3.8) is 0 Å². The molecule has 20 heavy (non-hydrogen) atoms. The van der Waals surface area contributed by atoms with Gasteiger partial charge in [0.1, 0.15) is 5.75 Å². The van der Waals surface area contributed by atoms with Crippen LogP contribution in [0.5, 0.6) is 5.75 Å². The third kappa shape index (κ3) is 5.90. The Morgan fingerprint density at radius 2 is 1.85 bits per heavy atom. The van der Waals surface area contributed by atoms with Gasteiger partial charge < -0.3 is 9.64 Å². The molecule has 0 bridgehead atoms. The predicted octanol–water partition coefficient (Wildman–Crippen LogP) is 1.71. The van der Waals surface area contributed by atoms with Crippen molar-refractivity contribution in [2.75, 3.05) is 33.8 Å². The Hall–Kier alpha value is -1.11. The molecule has 0 saturated heterocycles. The van der Waals surface area contributed by atoms with Gasteiger partial charge >= 0.3 is 0 Å². The molecule has 114 valence electrons. The van der Waals surface area contributed by atoms with Gasteiger partial charge in [-0.3, -0.25) is 0 Å². The Kier molecular flexibility index (Phi) is 6.98. The predicted molar refractivity (Wildman–Crippen MR) is 80.6 cm³/mol. The van der Waals surface area contributed by atoms with Gasteiger partial charge in [0.05, 0.1) is 11.5 Å². The van der Waals surface area contributed by atoms with Crippen LogP contribution < -0.4 is 9.46 Å². The van der Waals surface area contributed by atoms with E-state index in [1.165, 1.54) is 0 Å². The molecule has 0 aliphatic heterocycles. The SMILES string of the molecule is CCCOc1ccc(S(=O)(=O)NCCCN(C)C)cc1. The van der Waals surface area contributed by atoms with Crippen molar-refractivity contribution in [2.24, 2.45) is 0 Å². The number of benzene rings is 1. The highest BCUT2D eigenvalue weighted by Crippen LogP contribution is 2.16. The van der Waals surface area contributed by atoms with Gasteiger partial charge in [-0.15, -0.1) is 0 Å². The van der Waals surface area contributed by atoms with Crippen LogP contribution in [-0.2, 0) is 10.0 Å².